The molecule has 1 saturated carbocycles. The highest BCUT2D eigenvalue weighted by Gasteiger charge is 2.35. The molecule has 4 heteroatoms. The number of nitrogens with two attached hydrogens (primary N) is 2. The normalized spacial score (nSPS) is 27.2. The maximum absolute atomic E-state index is 11.4. The highest BCUT2D eigenvalue weighted by molar-refractivity contribution is 5.79. The van der Waals surface area contributed by atoms with Crippen molar-refractivity contribution in [3.63, 3.8) is 0 Å². The molecule has 16 heavy (non-hydrogen) atoms. The third-order valence-corrected chi connectivity index (χ3v) is 3.83. The van der Waals surface area contributed by atoms with E-state index < -0.39 is 0 Å². The largest absolute Gasteiger partial charge is 0.368 e. The van der Waals surface area contributed by atoms with Gasteiger partial charge in [0.05, 0.1) is 6.04 Å². The van der Waals surface area contributed by atoms with E-state index in [1.54, 1.807) is 0 Å². The van der Waals surface area contributed by atoms with Crippen LogP contribution in [-0.4, -0.2) is 36.0 Å². The SMILES string of the molecule is CCC(C(N)=O)N(CC)C1CCCC1CN. The molecule has 1 aliphatic carbocycles. The van der Waals surface area contributed by atoms with E-state index in [1.165, 1.54) is 12.8 Å². The minimum absolute atomic E-state index is 0.123. The van der Waals surface area contributed by atoms with Gasteiger partial charge in [0.2, 0.25) is 5.91 Å². The van der Waals surface area contributed by atoms with Crippen molar-refractivity contribution in [2.24, 2.45) is 17.4 Å². The Hall–Kier alpha value is -0.610. The quantitative estimate of drug-likeness (QED) is 0.701. The van der Waals surface area contributed by atoms with Crippen molar-refractivity contribution in [1.29, 1.82) is 0 Å². The maximum atomic E-state index is 11.4. The van der Waals surface area contributed by atoms with Gasteiger partial charge in [-0.2, -0.15) is 0 Å². The first-order chi connectivity index (χ1) is 7.65. The monoisotopic (exact) mass is 227 g/mol. The van der Waals surface area contributed by atoms with E-state index in [0.717, 1.165) is 25.9 Å². The van der Waals surface area contributed by atoms with Gasteiger partial charge >= 0.3 is 0 Å². The van der Waals surface area contributed by atoms with Crippen LogP contribution < -0.4 is 11.5 Å². The van der Waals surface area contributed by atoms with Crippen molar-refractivity contribution in [2.75, 3.05) is 13.1 Å². The van der Waals surface area contributed by atoms with Crippen LogP contribution in [0.15, 0.2) is 0 Å². The van der Waals surface area contributed by atoms with Crippen LogP contribution >= 0.6 is 0 Å². The van der Waals surface area contributed by atoms with E-state index in [0.29, 0.717) is 12.0 Å². The summed E-state index contributed by atoms with van der Waals surface area (Å²) in [5, 5.41) is 0. The number of rotatable bonds is 6. The molecule has 1 aliphatic rings. The van der Waals surface area contributed by atoms with Gasteiger partial charge in [0.25, 0.3) is 0 Å². The van der Waals surface area contributed by atoms with Gasteiger partial charge in [-0.3, -0.25) is 9.69 Å². The molecule has 0 radical (unpaired) electrons. The highest BCUT2D eigenvalue weighted by Crippen LogP contribution is 2.30. The van der Waals surface area contributed by atoms with Crippen molar-refractivity contribution in [3.05, 3.63) is 0 Å². The van der Waals surface area contributed by atoms with E-state index in [2.05, 4.69) is 11.8 Å². The minimum Gasteiger partial charge on any atom is -0.368 e. The molecular formula is C12H25N3O. The molecule has 0 heterocycles. The summed E-state index contributed by atoms with van der Waals surface area (Å²) in [4.78, 5) is 13.7. The van der Waals surface area contributed by atoms with Crippen LogP contribution in [0.1, 0.15) is 39.5 Å². The van der Waals surface area contributed by atoms with Gasteiger partial charge in [0, 0.05) is 6.04 Å². The molecule has 0 aromatic heterocycles. The van der Waals surface area contributed by atoms with Crippen molar-refractivity contribution in [3.8, 4) is 0 Å². The lowest BCUT2D eigenvalue weighted by Gasteiger charge is -2.36. The lowest BCUT2D eigenvalue weighted by Crippen LogP contribution is -2.51. The molecule has 3 unspecified atom stereocenters. The molecule has 0 aromatic rings. The molecule has 1 fully saturated rings. The Morgan fingerprint density at radius 3 is 2.56 bits per heavy atom. The Balaban J connectivity index is 2.75. The molecule has 4 N–H and O–H groups in total. The van der Waals surface area contributed by atoms with Crippen molar-refractivity contribution >= 4 is 5.91 Å². The minimum atomic E-state index is -0.202. The number of primary amides is 1. The molecule has 1 rings (SSSR count). The summed E-state index contributed by atoms with van der Waals surface area (Å²) < 4.78 is 0. The Morgan fingerprint density at radius 2 is 2.12 bits per heavy atom. The van der Waals surface area contributed by atoms with Crippen LogP contribution in [0.25, 0.3) is 0 Å². The number of hydrogen-bond donors (Lipinski definition) is 2. The molecule has 0 saturated heterocycles. The Kier molecular flexibility index (Phi) is 5.22. The summed E-state index contributed by atoms with van der Waals surface area (Å²) in [5.41, 5.74) is 11.3. The Morgan fingerprint density at radius 1 is 1.44 bits per heavy atom. The molecule has 3 atom stereocenters. The summed E-state index contributed by atoms with van der Waals surface area (Å²) in [6.07, 6.45) is 4.35. The van der Waals surface area contributed by atoms with Gasteiger partial charge < -0.3 is 11.5 Å². The van der Waals surface area contributed by atoms with Gasteiger partial charge in [-0.15, -0.1) is 0 Å². The fourth-order valence-electron chi connectivity index (χ4n) is 3.01. The van der Waals surface area contributed by atoms with Gasteiger partial charge in [-0.25, -0.2) is 0 Å². The van der Waals surface area contributed by atoms with Gasteiger partial charge in [0.15, 0.2) is 0 Å². The van der Waals surface area contributed by atoms with E-state index in [1.807, 2.05) is 6.92 Å². The number of amides is 1. The van der Waals surface area contributed by atoms with Crippen LogP contribution in [0.5, 0.6) is 0 Å². The van der Waals surface area contributed by atoms with Crippen LogP contribution in [-0.2, 0) is 4.79 Å². The van der Waals surface area contributed by atoms with E-state index in [-0.39, 0.29) is 11.9 Å². The molecule has 1 amide bonds. The van der Waals surface area contributed by atoms with Crippen LogP contribution in [0.4, 0.5) is 0 Å². The summed E-state index contributed by atoms with van der Waals surface area (Å²) in [6.45, 7) is 5.71. The van der Waals surface area contributed by atoms with Gasteiger partial charge in [-0.1, -0.05) is 20.3 Å². The van der Waals surface area contributed by atoms with Crippen molar-refractivity contribution < 1.29 is 4.79 Å². The maximum Gasteiger partial charge on any atom is 0.234 e. The number of carbonyl (C=O) groups is 1. The molecule has 0 aliphatic heterocycles. The van der Waals surface area contributed by atoms with E-state index in [4.69, 9.17) is 11.5 Å². The Labute approximate surface area is 98.3 Å². The molecule has 0 spiro atoms. The van der Waals surface area contributed by atoms with Crippen molar-refractivity contribution in [1.82, 2.24) is 4.90 Å². The predicted molar refractivity (Wildman–Crippen MR) is 65.8 cm³/mol. The first-order valence-corrected chi connectivity index (χ1v) is 6.40. The fourth-order valence-corrected chi connectivity index (χ4v) is 3.01. The number of hydrogen-bond acceptors (Lipinski definition) is 3. The number of carbonyl (C=O) groups excluding carboxylic acids is 1. The molecular weight excluding hydrogens is 202 g/mol. The third-order valence-electron chi connectivity index (χ3n) is 3.83. The van der Waals surface area contributed by atoms with E-state index >= 15 is 0 Å². The molecule has 94 valence electrons. The van der Waals surface area contributed by atoms with Crippen molar-refractivity contribution in [2.45, 2.75) is 51.6 Å². The zero-order chi connectivity index (χ0) is 12.1. The lowest BCUT2D eigenvalue weighted by molar-refractivity contribution is -0.124. The predicted octanol–water partition coefficient (Wildman–Crippen LogP) is 0.700. The zero-order valence-corrected chi connectivity index (χ0v) is 10.5. The Bertz CT molecular complexity index is 232. The number of nitrogens with zero attached hydrogens (tertiary/aromatic N) is 1. The highest BCUT2D eigenvalue weighted by atomic mass is 16.1. The second-order valence-corrected chi connectivity index (χ2v) is 4.65. The summed E-state index contributed by atoms with van der Waals surface area (Å²) in [7, 11) is 0. The molecule has 0 bridgehead atoms. The summed E-state index contributed by atoms with van der Waals surface area (Å²) >= 11 is 0. The molecule has 4 nitrogen and oxygen atoms in total. The summed E-state index contributed by atoms with van der Waals surface area (Å²) in [6, 6.07) is 0.328. The standard InChI is InChI=1S/C12H25N3O/c1-3-10(12(14)16)15(4-2)11-7-5-6-9(11)8-13/h9-11H,3-8,13H2,1-2H3,(H2,14,16). The summed E-state index contributed by atoms with van der Waals surface area (Å²) in [5.74, 6) is 0.334. The fraction of sp³-hybridized carbons (Fsp3) is 0.917. The van der Waals surface area contributed by atoms with Crippen LogP contribution in [0, 0.1) is 5.92 Å². The first-order valence-electron chi connectivity index (χ1n) is 6.40. The third kappa shape index (κ3) is 2.74. The van der Waals surface area contributed by atoms with Gasteiger partial charge in [0.1, 0.15) is 0 Å². The van der Waals surface area contributed by atoms with E-state index in [9.17, 15) is 4.79 Å². The second-order valence-electron chi connectivity index (χ2n) is 4.65. The second kappa shape index (κ2) is 6.21. The first kappa shape index (κ1) is 13.5. The lowest BCUT2D eigenvalue weighted by atomic mass is 9.99. The molecule has 0 aromatic carbocycles. The smallest absolute Gasteiger partial charge is 0.234 e. The van der Waals surface area contributed by atoms with Gasteiger partial charge in [-0.05, 0) is 38.3 Å². The topological polar surface area (TPSA) is 72.4 Å². The zero-order valence-electron chi connectivity index (χ0n) is 10.5. The average molecular weight is 227 g/mol. The average Bonchev–Trinajstić information content (AvgIpc) is 2.72. The van der Waals surface area contributed by atoms with Crippen LogP contribution in [0.2, 0.25) is 0 Å². The van der Waals surface area contributed by atoms with Crippen LogP contribution in [0.3, 0.4) is 0 Å². The number of likely N-dealkylation sites (N-methyl/N-ethyl adjacent to an activating group) is 1.